The second kappa shape index (κ2) is 7.43. The lowest BCUT2D eigenvalue weighted by Gasteiger charge is -2.18. The Morgan fingerprint density at radius 3 is 2.64 bits per heavy atom. The number of anilines is 1. The minimum absolute atomic E-state index is 0.207. The fourth-order valence-corrected chi connectivity index (χ4v) is 2.41. The number of alkyl halides is 2. The topological polar surface area (TPSA) is 46.2 Å². The zero-order chi connectivity index (χ0) is 16.0. The summed E-state index contributed by atoms with van der Waals surface area (Å²) in [5, 5.41) is 2.66. The van der Waals surface area contributed by atoms with Crippen molar-refractivity contribution in [1.29, 1.82) is 0 Å². The smallest absolute Gasteiger partial charge is 0.232 e. The van der Waals surface area contributed by atoms with Gasteiger partial charge in [-0.2, -0.15) is 0 Å². The highest BCUT2D eigenvalue weighted by Crippen LogP contribution is 2.33. The molecule has 114 valence electrons. The first-order chi connectivity index (χ1) is 10.4. The quantitative estimate of drug-likeness (QED) is 0.498. The average molecular weight is 336 g/mol. The summed E-state index contributed by atoms with van der Waals surface area (Å²) in [6.07, 6.45) is 8.49. The summed E-state index contributed by atoms with van der Waals surface area (Å²) in [6.45, 7) is 0. The van der Waals surface area contributed by atoms with Crippen LogP contribution in [0.4, 0.5) is 5.69 Å². The number of allylic oxidation sites excluding steroid dienone is 6. The summed E-state index contributed by atoms with van der Waals surface area (Å²) >= 11 is 12.0. The zero-order valence-corrected chi connectivity index (χ0v) is 13.3. The first-order valence-electron chi connectivity index (χ1n) is 6.77. The number of halogens is 2. The maximum atomic E-state index is 11.8. The van der Waals surface area contributed by atoms with Crippen molar-refractivity contribution in [2.24, 2.45) is 0 Å². The van der Waals surface area contributed by atoms with E-state index >= 15 is 0 Å². The summed E-state index contributed by atoms with van der Waals surface area (Å²) in [7, 11) is 0. The van der Waals surface area contributed by atoms with Crippen molar-refractivity contribution in [1.82, 2.24) is 0 Å². The molecule has 0 unspecified atom stereocenters. The van der Waals surface area contributed by atoms with E-state index in [9.17, 15) is 9.59 Å². The normalized spacial score (nSPS) is 16.4. The molecule has 0 saturated carbocycles. The Kier molecular flexibility index (Phi) is 5.58. The molecule has 0 aromatic heterocycles. The van der Waals surface area contributed by atoms with Gasteiger partial charge >= 0.3 is 0 Å². The third kappa shape index (κ3) is 5.51. The number of nitrogens with one attached hydrogen (secondary N) is 1. The molecular weight excluding hydrogens is 321 g/mol. The molecule has 1 aliphatic carbocycles. The van der Waals surface area contributed by atoms with Gasteiger partial charge in [-0.05, 0) is 29.9 Å². The Morgan fingerprint density at radius 1 is 1.23 bits per heavy atom. The highest BCUT2D eigenvalue weighted by molar-refractivity contribution is 6.50. The molecule has 22 heavy (non-hydrogen) atoms. The van der Waals surface area contributed by atoms with E-state index in [1.165, 1.54) is 6.08 Å². The summed E-state index contributed by atoms with van der Waals surface area (Å²) < 4.78 is -0.942. The van der Waals surface area contributed by atoms with Gasteiger partial charge in [-0.15, -0.1) is 0 Å². The van der Waals surface area contributed by atoms with Crippen LogP contribution >= 0.6 is 23.2 Å². The minimum atomic E-state index is -0.942. The fourth-order valence-electron chi connectivity index (χ4n) is 1.96. The number of para-hydroxylation sites is 1. The molecule has 0 saturated heterocycles. The first kappa shape index (κ1) is 16.5. The van der Waals surface area contributed by atoms with E-state index in [1.807, 2.05) is 24.3 Å². The van der Waals surface area contributed by atoms with Gasteiger partial charge < -0.3 is 5.32 Å². The van der Waals surface area contributed by atoms with Crippen LogP contribution in [-0.2, 0) is 9.59 Å². The predicted molar refractivity (Wildman–Crippen MR) is 90.1 cm³/mol. The molecular formula is C17H15Cl2NO2. The molecule has 0 fully saturated rings. The maximum absolute atomic E-state index is 11.8. The highest BCUT2D eigenvalue weighted by Gasteiger charge is 2.23. The molecule has 1 aromatic carbocycles. The van der Waals surface area contributed by atoms with Gasteiger partial charge in [-0.1, -0.05) is 59.6 Å². The number of amides is 1. The highest BCUT2D eigenvalue weighted by atomic mass is 35.5. The van der Waals surface area contributed by atoms with Crippen LogP contribution < -0.4 is 5.32 Å². The van der Waals surface area contributed by atoms with Gasteiger partial charge in [-0.25, -0.2) is 0 Å². The van der Waals surface area contributed by atoms with E-state index in [1.54, 1.807) is 30.4 Å². The van der Waals surface area contributed by atoms with E-state index in [4.69, 9.17) is 23.2 Å². The van der Waals surface area contributed by atoms with Gasteiger partial charge in [0.15, 0.2) is 5.78 Å². The molecule has 2 rings (SSSR count). The van der Waals surface area contributed by atoms with E-state index in [0.717, 1.165) is 5.57 Å². The predicted octanol–water partition coefficient (Wildman–Crippen LogP) is 4.20. The monoisotopic (exact) mass is 335 g/mol. The van der Waals surface area contributed by atoms with E-state index in [2.05, 4.69) is 5.32 Å². The number of carbonyl (C=O) groups is 2. The molecule has 0 atom stereocenters. The van der Waals surface area contributed by atoms with Gasteiger partial charge in [0.25, 0.3) is 0 Å². The fraction of sp³-hybridized carbons (Fsp3) is 0.176. The molecule has 0 spiro atoms. The van der Waals surface area contributed by atoms with Gasteiger partial charge in [-0.3, -0.25) is 9.59 Å². The molecule has 1 amide bonds. The van der Waals surface area contributed by atoms with Crippen LogP contribution in [0.3, 0.4) is 0 Å². The number of hydrogen-bond donors (Lipinski definition) is 1. The third-order valence-electron chi connectivity index (χ3n) is 2.97. The summed E-state index contributed by atoms with van der Waals surface area (Å²) in [5.41, 5.74) is 1.50. The third-order valence-corrected chi connectivity index (χ3v) is 3.49. The molecule has 0 heterocycles. The van der Waals surface area contributed by atoms with Crippen molar-refractivity contribution >= 4 is 40.6 Å². The van der Waals surface area contributed by atoms with Crippen molar-refractivity contribution in [3.8, 4) is 0 Å². The average Bonchev–Trinajstić information content (AvgIpc) is 2.45. The molecule has 1 aromatic rings. The second-order valence-corrected chi connectivity index (χ2v) is 6.47. The summed E-state index contributed by atoms with van der Waals surface area (Å²) in [5.74, 6) is -0.624. The molecule has 0 bridgehead atoms. The standard InChI is InChI=1S/C17H15Cl2NO2/c18-17(19)10-4-5-13(12-17)8-9-15(21)11-16(22)20-14-6-2-1-3-7-14/h1-10H,11-12H2,(H,20,22). The van der Waals surface area contributed by atoms with Crippen molar-refractivity contribution < 1.29 is 9.59 Å². The van der Waals surface area contributed by atoms with E-state index < -0.39 is 4.33 Å². The van der Waals surface area contributed by atoms with Gasteiger partial charge in [0.05, 0.1) is 6.42 Å². The Hall–Kier alpha value is -1.84. The Morgan fingerprint density at radius 2 is 1.95 bits per heavy atom. The lowest BCUT2D eigenvalue weighted by molar-refractivity contribution is -0.122. The number of ketones is 1. The maximum Gasteiger partial charge on any atom is 0.232 e. The molecule has 1 N–H and O–H groups in total. The lowest BCUT2D eigenvalue weighted by atomic mass is 10.0. The van der Waals surface area contributed by atoms with Crippen LogP contribution in [0.2, 0.25) is 0 Å². The molecule has 0 radical (unpaired) electrons. The number of benzene rings is 1. The number of carbonyl (C=O) groups excluding carboxylic acids is 2. The van der Waals surface area contributed by atoms with Gasteiger partial charge in [0.2, 0.25) is 5.91 Å². The zero-order valence-electron chi connectivity index (χ0n) is 11.8. The van der Waals surface area contributed by atoms with Crippen LogP contribution in [0.25, 0.3) is 0 Å². The van der Waals surface area contributed by atoms with E-state index in [0.29, 0.717) is 12.1 Å². The number of hydrogen-bond acceptors (Lipinski definition) is 2. The van der Waals surface area contributed by atoms with Gasteiger partial charge in [0.1, 0.15) is 4.33 Å². The van der Waals surface area contributed by atoms with Crippen LogP contribution in [0, 0.1) is 0 Å². The molecule has 5 heteroatoms. The SMILES string of the molecule is O=C(C=CC1=CC=CC(Cl)(Cl)C1)CC(=O)Nc1ccccc1. The molecule has 0 aliphatic heterocycles. The molecule has 3 nitrogen and oxygen atoms in total. The summed E-state index contributed by atoms with van der Waals surface area (Å²) in [6, 6.07) is 9.00. The van der Waals surface area contributed by atoms with Crippen molar-refractivity contribution in [2.75, 3.05) is 5.32 Å². The van der Waals surface area contributed by atoms with Crippen LogP contribution in [0.1, 0.15) is 12.8 Å². The molecule has 1 aliphatic rings. The Bertz CT molecular complexity index is 646. The lowest BCUT2D eigenvalue weighted by Crippen LogP contribution is -2.15. The second-order valence-electron chi connectivity index (χ2n) is 4.93. The first-order valence-corrected chi connectivity index (χ1v) is 7.52. The largest absolute Gasteiger partial charge is 0.326 e. The van der Waals surface area contributed by atoms with Gasteiger partial charge in [0, 0.05) is 12.1 Å². The van der Waals surface area contributed by atoms with E-state index in [-0.39, 0.29) is 18.1 Å². The summed E-state index contributed by atoms with van der Waals surface area (Å²) in [4.78, 5) is 23.5. The van der Waals surface area contributed by atoms with Crippen LogP contribution in [0.15, 0.2) is 66.3 Å². The van der Waals surface area contributed by atoms with Crippen LogP contribution in [0.5, 0.6) is 0 Å². The number of rotatable bonds is 5. The minimum Gasteiger partial charge on any atom is -0.326 e. The van der Waals surface area contributed by atoms with Crippen LogP contribution in [-0.4, -0.2) is 16.0 Å². The Balaban J connectivity index is 1.85. The van der Waals surface area contributed by atoms with Crippen molar-refractivity contribution in [2.45, 2.75) is 17.2 Å². The van der Waals surface area contributed by atoms with Crippen molar-refractivity contribution in [3.63, 3.8) is 0 Å². The van der Waals surface area contributed by atoms with Crippen molar-refractivity contribution in [3.05, 3.63) is 66.3 Å². The Labute approximate surface area is 139 Å².